The van der Waals surface area contributed by atoms with Crippen LogP contribution < -0.4 is 4.74 Å². The highest BCUT2D eigenvalue weighted by atomic mass is 16.6. The SMILES string of the molecule is CCOC(=O)C(Oc1ccc([N+](=O)[O-])cc1)C(=O)c1cnn(-c2ccccc2)c1. The summed E-state index contributed by atoms with van der Waals surface area (Å²) in [7, 11) is 0. The minimum Gasteiger partial charge on any atom is -0.470 e. The van der Waals surface area contributed by atoms with Crippen LogP contribution in [-0.2, 0) is 9.53 Å². The van der Waals surface area contributed by atoms with Crippen LogP contribution in [0.3, 0.4) is 0 Å². The van der Waals surface area contributed by atoms with Gasteiger partial charge in [-0.3, -0.25) is 14.9 Å². The summed E-state index contributed by atoms with van der Waals surface area (Å²) in [5.41, 5.74) is 0.768. The van der Waals surface area contributed by atoms with E-state index < -0.39 is 22.8 Å². The Balaban J connectivity index is 1.84. The number of Topliss-reactive ketones (excluding diaryl/α,β-unsaturated/α-hetero) is 1. The number of para-hydroxylation sites is 1. The summed E-state index contributed by atoms with van der Waals surface area (Å²) in [6.45, 7) is 1.67. The predicted octanol–water partition coefficient (Wildman–Crippen LogP) is 2.97. The number of esters is 1. The Labute approximate surface area is 165 Å². The number of nitro groups is 1. The van der Waals surface area contributed by atoms with Gasteiger partial charge in [-0.1, -0.05) is 18.2 Å². The molecule has 0 amide bonds. The Morgan fingerprint density at radius 1 is 1.14 bits per heavy atom. The molecule has 29 heavy (non-hydrogen) atoms. The summed E-state index contributed by atoms with van der Waals surface area (Å²) >= 11 is 0. The molecule has 0 radical (unpaired) electrons. The predicted molar refractivity (Wildman–Crippen MR) is 102 cm³/mol. The average molecular weight is 395 g/mol. The minimum atomic E-state index is -1.56. The number of carbonyl (C=O) groups is 2. The lowest BCUT2D eigenvalue weighted by molar-refractivity contribution is -0.384. The number of rotatable bonds is 8. The van der Waals surface area contributed by atoms with Gasteiger partial charge in [-0.05, 0) is 31.2 Å². The van der Waals surface area contributed by atoms with Gasteiger partial charge in [0.15, 0.2) is 0 Å². The molecule has 3 aromatic rings. The topological polar surface area (TPSA) is 114 Å². The number of ether oxygens (including phenoxy) is 2. The van der Waals surface area contributed by atoms with Crippen LogP contribution in [0.4, 0.5) is 5.69 Å². The highest BCUT2D eigenvalue weighted by Crippen LogP contribution is 2.20. The number of hydrogen-bond donors (Lipinski definition) is 0. The number of non-ortho nitro benzene ring substituents is 1. The van der Waals surface area contributed by atoms with E-state index in [1.165, 1.54) is 41.3 Å². The summed E-state index contributed by atoms with van der Waals surface area (Å²) in [5.74, 6) is -1.37. The number of carbonyl (C=O) groups excluding carboxylic acids is 2. The molecule has 0 aliphatic rings. The molecule has 0 N–H and O–H groups in total. The Hall–Kier alpha value is -4.01. The average Bonchev–Trinajstić information content (AvgIpc) is 3.23. The third-order valence-electron chi connectivity index (χ3n) is 3.93. The van der Waals surface area contributed by atoms with Gasteiger partial charge in [-0.15, -0.1) is 0 Å². The monoisotopic (exact) mass is 395 g/mol. The largest absolute Gasteiger partial charge is 0.470 e. The summed E-state index contributed by atoms with van der Waals surface area (Å²) in [6.07, 6.45) is 1.26. The van der Waals surface area contributed by atoms with E-state index in [0.717, 1.165) is 5.69 Å². The Morgan fingerprint density at radius 2 is 1.83 bits per heavy atom. The summed E-state index contributed by atoms with van der Waals surface area (Å²) in [6, 6.07) is 14.2. The molecule has 0 aliphatic heterocycles. The molecule has 9 nitrogen and oxygen atoms in total. The van der Waals surface area contributed by atoms with E-state index >= 15 is 0 Å². The van der Waals surface area contributed by atoms with E-state index in [4.69, 9.17) is 9.47 Å². The van der Waals surface area contributed by atoms with E-state index in [1.807, 2.05) is 30.3 Å². The summed E-state index contributed by atoms with van der Waals surface area (Å²) < 4.78 is 12.0. The lowest BCUT2D eigenvalue weighted by Gasteiger charge is -2.16. The van der Waals surface area contributed by atoms with Crippen LogP contribution in [0.2, 0.25) is 0 Å². The van der Waals surface area contributed by atoms with Gasteiger partial charge in [0, 0.05) is 18.3 Å². The third-order valence-corrected chi connectivity index (χ3v) is 3.93. The smallest absolute Gasteiger partial charge is 0.355 e. The Bertz CT molecular complexity index is 1010. The molecule has 2 aromatic carbocycles. The molecule has 9 heteroatoms. The molecular weight excluding hydrogens is 378 g/mol. The molecule has 0 bridgehead atoms. The maximum absolute atomic E-state index is 12.9. The lowest BCUT2D eigenvalue weighted by Crippen LogP contribution is -2.37. The van der Waals surface area contributed by atoms with Crippen LogP contribution >= 0.6 is 0 Å². The van der Waals surface area contributed by atoms with Crippen LogP contribution in [0.15, 0.2) is 67.0 Å². The van der Waals surface area contributed by atoms with Crippen molar-refractivity contribution in [3.05, 3.63) is 82.7 Å². The van der Waals surface area contributed by atoms with Crippen molar-refractivity contribution in [3.8, 4) is 11.4 Å². The van der Waals surface area contributed by atoms with Crippen molar-refractivity contribution in [3.63, 3.8) is 0 Å². The van der Waals surface area contributed by atoms with Crippen LogP contribution in [0.1, 0.15) is 17.3 Å². The van der Waals surface area contributed by atoms with E-state index in [9.17, 15) is 19.7 Å². The molecule has 0 saturated heterocycles. The second-order valence-electron chi connectivity index (χ2n) is 5.87. The van der Waals surface area contributed by atoms with E-state index in [0.29, 0.717) is 0 Å². The Kier molecular flexibility index (Phi) is 5.98. The van der Waals surface area contributed by atoms with Gasteiger partial charge >= 0.3 is 5.97 Å². The fourth-order valence-electron chi connectivity index (χ4n) is 2.53. The normalized spacial score (nSPS) is 11.5. The van der Waals surface area contributed by atoms with Gasteiger partial charge in [-0.25, -0.2) is 9.48 Å². The molecule has 0 aliphatic carbocycles. The lowest BCUT2D eigenvalue weighted by atomic mass is 10.1. The molecule has 1 unspecified atom stereocenters. The van der Waals surface area contributed by atoms with Crippen LogP contribution in [0, 0.1) is 10.1 Å². The molecule has 0 spiro atoms. The van der Waals surface area contributed by atoms with Crippen molar-refractivity contribution in [2.45, 2.75) is 13.0 Å². The fraction of sp³-hybridized carbons (Fsp3) is 0.150. The van der Waals surface area contributed by atoms with E-state index in [2.05, 4.69) is 5.10 Å². The first-order chi connectivity index (χ1) is 14.0. The van der Waals surface area contributed by atoms with Crippen molar-refractivity contribution in [2.75, 3.05) is 6.61 Å². The number of hydrogen-bond acceptors (Lipinski definition) is 7. The number of ketones is 1. The number of nitrogens with zero attached hydrogens (tertiary/aromatic N) is 3. The summed E-state index contributed by atoms with van der Waals surface area (Å²) in [5, 5.41) is 14.9. The highest BCUT2D eigenvalue weighted by molar-refractivity contribution is 6.11. The third kappa shape index (κ3) is 4.64. The van der Waals surface area contributed by atoms with Gasteiger partial charge in [0.2, 0.25) is 5.78 Å². The molecular formula is C20H17N3O6. The maximum Gasteiger partial charge on any atom is 0.355 e. The highest BCUT2D eigenvalue weighted by Gasteiger charge is 2.32. The second kappa shape index (κ2) is 8.79. The summed E-state index contributed by atoms with van der Waals surface area (Å²) in [4.78, 5) is 35.4. The standard InChI is InChI=1S/C20H17N3O6/c1-2-28-20(25)19(29-17-10-8-16(9-11-17)23(26)27)18(24)14-12-21-22(13-14)15-6-4-3-5-7-15/h3-13,19H,2H2,1H3. The van der Waals surface area contributed by atoms with E-state index in [1.54, 1.807) is 6.92 Å². The van der Waals surface area contributed by atoms with Crippen molar-refractivity contribution >= 4 is 17.4 Å². The number of benzene rings is 2. The fourth-order valence-corrected chi connectivity index (χ4v) is 2.53. The Morgan fingerprint density at radius 3 is 2.45 bits per heavy atom. The van der Waals surface area contributed by atoms with Gasteiger partial charge in [0.1, 0.15) is 5.75 Å². The zero-order valence-electron chi connectivity index (χ0n) is 15.4. The molecule has 0 fully saturated rings. The van der Waals surface area contributed by atoms with Crippen LogP contribution in [0.5, 0.6) is 5.75 Å². The zero-order valence-corrected chi connectivity index (χ0v) is 15.4. The quantitative estimate of drug-likeness (QED) is 0.189. The van der Waals surface area contributed by atoms with Crippen molar-refractivity contribution < 1.29 is 24.0 Å². The van der Waals surface area contributed by atoms with E-state index in [-0.39, 0.29) is 23.6 Å². The molecule has 1 aromatic heterocycles. The minimum absolute atomic E-state index is 0.0650. The maximum atomic E-state index is 12.9. The van der Waals surface area contributed by atoms with Crippen molar-refractivity contribution in [1.29, 1.82) is 0 Å². The second-order valence-corrected chi connectivity index (χ2v) is 5.87. The molecule has 0 saturated carbocycles. The molecule has 148 valence electrons. The molecule has 3 rings (SSSR count). The van der Waals surface area contributed by atoms with Crippen molar-refractivity contribution in [2.24, 2.45) is 0 Å². The number of aromatic nitrogens is 2. The van der Waals surface area contributed by atoms with Crippen LogP contribution in [-0.4, -0.2) is 39.2 Å². The van der Waals surface area contributed by atoms with Crippen LogP contribution in [0.25, 0.3) is 5.69 Å². The molecule has 1 atom stereocenters. The van der Waals surface area contributed by atoms with Crippen molar-refractivity contribution in [1.82, 2.24) is 9.78 Å². The first kappa shape index (κ1) is 19.7. The molecule has 1 heterocycles. The zero-order chi connectivity index (χ0) is 20.8. The van der Waals surface area contributed by atoms with Gasteiger partial charge in [-0.2, -0.15) is 5.10 Å². The van der Waals surface area contributed by atoms with Gasteiger partial charge < -0.3 is 9.47 Å². The van der Waals surface area contributed by atoms with Gasteiger partial charge in [0.25, 0.3) is 11.8 Å². The first-order valence-corrected chi connectivity index (χ1v) is 8.71. The first-order valence-electron chi connectivity index (χ1n) is 8.71. The van der Waals surface area contributed by atoms with Gasteiger partial charge in [0.05, 0.1) is 29.0 Å². The number of nitro benzene ring substituents is 1.